The van der Waals surface area contributed by atoms with E-state index in [2.05, 4.69) is 15.6 Å². The molecule has 0 spiro atoms. The maximum Gasteiger partial charge on any atom is 1.00 e. The Kier molecular flexibility index (Phi) is 22.4. The van der Waals surface area contributed by atoms with E-state index in [4.69, 9.17) is 19.3 Å². The summed E-state index contributed by atoms with van der Waals surface area (Å²) in [5, 5.41) is 36.1. The van der Waals surface area contributed by atoms with Gasteiger partial charge >= 0.3 is 116 Å². The Balaban J connectivity index is 0. The third-order valence-electron chi connectivity index (χ3n) is 4.50. The van der Waals surface area contributed by atoms with Crippen molar-refractivity contribution < 1.29 is 155 Å². The fourth-order valence-corrected chi connectivity index (χ4v) is 2.85. The number of aliphatic hydroxyl groups is 1. The van der Waals surface area contributed by atoms with Crippen LogP contribution in [0.2, 0.25) is 0 Å². The van der Waals surface area contributed by atoms with Crippen molar-refractivity contribution in [3.63, 3.8) is 0 Å². The number of nitrogens with zero attached hydrogens (tertiary/aromatic N) is 1. The first kappa shape index (κ1) is 36.0. The number of hydrogen-bond acceptors (Lipinski definition) is 9. The van der Waals surface area contributed by atoms with Crippen molar-refractivity contribution in [2.75, 3.05) is 33.0 Å². The van der Waals surface area contributed by atoms with Crippen LogP contribution in [0.15, 0.2) is 4.99 Å². The van der Waals surface area contributed by atoms with Gasteiger partial charge in [-0.3, -0.25) is 14.6 Å². The van der Waals surface area contributed by atoms with Crippen molar-refractivity contribution in [2.24, 2.45) is 4.99 Å². The van der Waals surface area contributed by atoms with E-state index in [9.17, 15) is 19.8 Å². The zero-order valence-corrected chi connectivity index (χ0v) is 29.8. The molecule has 3 aliphatic rings. The number of ether oxygens (including phenoxy) is 3. The molecule has 0 aromatic carbocycles. The number of amides is 2. The summed E-state index contributed by atoms with van der Waals surface area (Å²) in [6, 6.07) is -0.667. The summed E-state index contributed by atoms with van der Waals surface area (Å²) in [6.07, 6.45) is -1.28. The zero-order chi connectivity index (χ0) is 22.7. The maximum atomic E-state index is 11.1. The van der Waals surface area contributed by atoms with Gasteiger partial charge in [-0.25, -0.2) is 0 Å². The molecule has 3 N–H and O–H groups in total. The molecule has 2 amide bonds. The van der Waals surface area contributed by atoms with E-state index >= 15 is 0 Å². The first-order valence-corrected chi connectivity index (χ1v) is 10.0. The molecule has 0 saturated carbocycles. The average molecular weight is 602 g/mol. The van der Waals surface area contributed by atoms with Gasteiger partial charge in [0.25, 0.3) is 0 Å². The second-order valence-electron chi connectivity index (χ2n) is 7.27. The third-order valence-corrected chi connectivity index (χ3v) is 4.50. The van der Waals surface area contributed by atoms with Gasteiger partial charge in [-0.2, -0.15) is 0 Å². The molecule has 11 nitrogen and oxygen atoms in total. The van der Waals surface area contributed by atoms with Gasteiger partial charge in [0, 0.05) is 33.4 Å². The largest absolute Gasteiger partial charge is 1.00 e. The second kappa shape index (κ2) is 19.9. The van der Waals surface area contributed by atoms with Crippen molar-refractivity contribution in [3.05, 3.63) is 0 Å². The quantitative estimate of drug-likeness (QED) is 0.286. The maximum absolute atomic E-state index is 11.1. The van der Waals surface area contributed by atoms with E-state index < -0.39 is 18.3 Å². The minimum absolute atomic E-state index is 0. The summed E-state index contributed by atoms with van der Waals surface area (Å²) in [4.78, 5) is 24.9. The topological polar surface area (TPSA) is 165 Å². The number of aliphatic imine (C=N–C) groups is 1. The molecule has 2 fully saturated rings. The third kappa shape index (κ3) is 15.0. The van der Waals surface area contributed by atoms with Crippen molar-refractivity contribution in [1.29, 1.82) is 0 Å². The van der Waals surface area contributed by atoms with Gasteiger partial charge in [0.2, 0.25) is 11.8 Å². The minimum Gasteiger partial charge on any atom is -0.850 e. The summed E-state index contributed by atoms with van der Waals surface area (Å²) in [6.45, 7) is 8.26. The number of carbonyl (C=O) groups excluding carboxylic acids is 2. The van der Waals surface area contributed by atoms with Crippen LogP contribution in [-0.2, 0) is 23.8 Å². The van der Waals surface area contributed by atoms with Gasteiger partial charge in [0.05, 0.1) is 38.0 Å². The molecule has 3 rings (SSSR count). The molecule has 2 saturated heterocycles. The van der Waals surface area contributed by atoms with Crippen LogP contribution in [-0.4, -0.2) is 92.3 Å². The van der Waals surface area contributed by atoms with Gasteiger partial charge in [-0.15, -0.1) is 6.10 Å². The van der Waals surface area contributed by atoms with E-state index in [1.165, 1.54) is 13.8 Å². The van der Waals surface area contributed by atoms with Gasteiger partial charge in [-0.05, 0) is 0 Å². The Morgan fingerprint density at radius 2 is 1.59 bits per heavy atom. The van der Waals surface area contributed by atoms with Crippen LogP contribution in [0.4, 0.5) is 0 Å². The standard InChI is InChI=1S/C7H12NO2.C6H11NO3.C6H10NO3.2Rb/c1-3-7(9)6-4-10-5(2)8-6;2*1-4(8)7-5-2-10-3-6(5)9;;/h6-7H,3-4H2,1-2H3;5-6,9H,2-3H2,1H3,(H,7,8);5-6H,2-3H2,1H3,(H,7,8);;/q-1;;-1;2*+1. The predicted molar refractivity (Wildman–Crippen MR) is 104 cm³/mol. The van der Waals surface area contributed by atoms with Crippen LogP contribution in [0.1, 0.15) is 34.1 Å². The molecule has 13 heteroatoms. The molecule has 0 aromatic heterocycles. The average Bonchev–Trinajstić information content (AvgIpc) is 3.39. The van der Waals surface area contributed by atoms with Crippen LogP contribution in [0.25, 0.3) is 0 Å². The number of carbonyl (C=O) groups is 2. The van der Waals surface area contributed by atoms with Crippen molar-refractivity contribution in [2.45, 2.75) is 70.6 Å². The SMILES string of the molecule is CC(=O)NC1COCC1O.CC(=O)NC1COCC1[O-].CCC([O-])C1COC(C)=N1.[Rb+].[Rb+]. The Morgan fingerprint density at radius 3 is 1.97 bits per heavy atom. The number of hydrogen-bond donors (Lipinski definition) is 3. The molecule has 0 bridgehead atoms. The Morgan fingerprint density at radius 1 is 1.06 bits per heavy atom. The number of aliphatic hydroxyl groups excluding tert-OH is 1. The fraction of sp³-hybridized carbons (Fsp3) is 0.842. The van der Waals surface area contributed by atoms with Crippen LogP contribution in [0.3, 0.4) is 0 Å². The summed E-state index contributed by atoms with van der Waals surface area (Å²) < 4.78 is 14.8. The summed E-state index contributed by atoms with van der Waals surface area (Å²) in [5.74, 6) is 0.352. The van der Waals surface area contributed by atoms with Gasteiger partial charge in [0.15, 0.2) is 5.90 Å². The first-order chi connectivity index (χ1) is 14.1. The van der Waals surface area contributed by atoms with Crippen molar-refractivity contribution in [3.8, 4) is 0 Å². The van der Waals surface area contributed by atoms with E-state index in [0.29, 0.717) is 38.7 Å². The normalized spacial score (nSPS) is 28.7. The molecular weight excluding hydrogens is 569 g/mol. The summed E-state index contributed by atoms with van der Waals surface area (Å²) in [5.41, 5.74) is 0. The molecule has 0 radical (unpaired) electrons. The van der Waals surface area contributed by atoms with Crippen molar-refractivity contribution in [1.82, 2.24) is 10.6 Å². The monoisotopic (exact) mass is 601 g/mol. The molecule has 32 heavy (non-hydrogen) atoms. The molecule has 0 aliphatic carbocycles. The van der Waals surface area contributed by atoms with Gasteiger partial charge in [-0.1, -0.05) is 19.4 Å². The molecule has 0 aromatic rings. The second-order valence-corrected chi connectivity index (χ2v) is 7.27. The van der Waals surface area contributed by atoms with Crippen LogP contribution in [0.5, 0.6) is 0 Å². The smallest absolute Gasteiger partial charge is 0.850 e. The molecular formula is C19H33N3O8Rb2. The van der Waals surface area contributed by atoms with E-state index in [1.807, 2.05) is 6.92 Å². The Labute approximate surface area is 287 Å². The Hall–Kier alpha value is 1.82. The first-order valence-electron chi connectivity index (χ1n) is 10.0. The number of rotatable bonds is 4. The van der Waals surface area contributed by atoms with E-state index in [-0.39, 0.29) is 153 Å². The van der Waals surface area contributed by atoms with E-state index in [0.717, 1.165) is 0 Å². The minimum atomic E-state index is -0.788. The fourth-order valence-electron chi connectivity index (χ4n) is 2.85. The molecule has 6 unspecified atom stereocenters. The van der Waals surface area contributed by atoms with E-state index in [1.54, 1.807) is 6.92 Å². The summed E-state index contributed by atoms with van der Waals surface area (Å²) >= 11 is 0. The number of nitrogens with one attached hydrogen (secondary N) is 2. The zero-order valence-electron chi connectivity index (χ0n) is 20.0. The molecule has 6 atom stereocenters. The van der Waals surface area contributed by atoms with Crippen LogP contribution >= 0.6 is 0 Å². The van der Waals surface area contributed by atoms with Crippen LogP contribution < -0.4 is 137 Å². The molecule has 3 heterocycles. The van der Waals surface area contributed by atoms with Crippen LogP contribution in [0, 0.1) is 0 Å². The van der Waals surface area contributed by atoms with Gasteiger partial charge in [0.1, 0.15) is 6.61 Å². The molecule has 174 valence electrons. The van der Waals surface area contributed by atoms with Crippen molar-refractivity contribution >= 4 is 17.7 Å². The molecule has 3 aliphatic heterocycles. The summed E-state index contributed by atoms with van der Waals surface area (Å²) in [7, 11) is 0. The van der Waals surface area contributed by atoms with Gasteiger partial charge < -0.3 is 40.2 Å². The Bertz CT molecular complexity index is 553. The predicted octanol–water partition coefficient (Wildman–Crippen LogP) is -8.92.